The Hall–Kier alpha value is -2.67. The number of rotatable bonds is 5. The summed E-state index contributed by atoms with van der Waals surface area (Å²) in [4.78, 5) is 14.4. The van der Waals surface area contributed by atoms with Crippen LogP contribution in [-0.2, 0) is 14.8 Å². The highest BCUT2D eigenvalue weighted by atomic mass is 32.2. The quantitative estimate of drug-likeness (QED) is 0.823. The zero-order valence-corrected chi connectivity index (χ0v) is 11.6. The van der Waals surface area contributed by atoms with E-state index in [2.05, 4.69) is 9.71 Å². The molecule has 2 aromatic rings. The van der Waals surface area contributed by atoms with Crippen LogP contribution in [0.1, 0.15) is 5.56 Å². The van der Waals surface area contributed by atoms with E-state index < -0.39 is 16.0 Å². The van der Waals surface area contributed by atoms with Crippen molar-refractivity contribution in [1.82, 2.24) is 4.98 Å². The number of anilines is 1. The third kappa shape index (κ3) is 4.15. The fraction of sp³-hybridized carbons (Fsp3) is 0. The maximum absolute atomic E-state index is 12.1. The first-order chi connectivity index (χ1) is 9.97. The van der Waals surface area contributed by atoms with Crippen molar-refractivity contribution in [2.24, 2.45) is 0 Å². The van der Waals surface area contributed by atoms with E-state index in [0.29, 0.717) is 5.56 Å². The zero-order valence-electron chi connectivity index (χ0n) is 10.8. The highest BCUT2D eigenvalue weighted by molar-refractivity contribution is 7.92. The first kappa shape index (κ1) is 14.7. The summed E-state index contributed by atoms with van der Waals surface area (Å²) in [6.45, 7) is 0. The minimum Gasteiger partial charge on any atom is -0.478 e. The molecular weight excluding hydrogens is 292 g/mol. The SMILES string of the molecule is O=C(O)C=Cc1ccc(S(=O)(=O)Nc2ccccn2)cc1. The molecule has 0 spiro atoms. The second kappa shape index (κ2) is 6.19. The summed E-state index contributed by atoms with van der Waals surface area (Å²) in [7, 11) is -3.71. The lowest BCUT2D eigenvalue weighted by molar-refractivity contribution is -0.131. The standard InChI is InChI=1S/C14H12N2O4S/c17-14(18)9-6-11-4-7-12(8-5-11)21(19,20)16-13-3-1-2-10-15-13/h1-10H,(H,15,16)(H,17,18). The van der Waals surface area contributed by atoms with Crippen LogP contribution in [0, 0.1) is 0 Å². The van der Waals surface area contributed by atoms with Gasteiger partial charge in [0.05, 0.1) is 4.90 Å². The van der Waals surface area contributed by atoms with Gasteiger partial charge >= 0.3 is 5.97 Å². The molecule has 0 unspecified atom stereocenters. The molecule has 1 aromatic carbocycles. The molecule has 108 valence electrons. The first-order valence-corrected chi connectivity index (χ1v) is 7.41. The lowest BCUT2D eigenvalue weighted by atomic mass is 10.2. The van der Waals surface area contributed by atoms with E-state index in [1.165, 1.54) is 36.5 Å². The molecule has 1 heterocycles. The van der Waals surface area contributed by atoms with Gasteiger partial charge < -0.3 is 5.11 Å². The van der Waals surface area contributed by atoms with Crippen LogP contribution in [0.15, 0.2) is 59.6 Å². The summed E-state index contributed by atoms with van der Waals surface area (Å²) in [5, 5.41) is 8.52. The third-order valence-electron chi connectivity index (χ3n) is 2.51. The molecule has 2 rings (SSSR count). The summed E-state index contributed by atoms with van der Waals surface area (Å²) in [6.07, 6.45) is 3.85. The Morgan fingerprint density at radius 3 is 2.43 bits per heavy atom. The second-order valence-electron chi connectivity index (χ2n) is 4.06. The van der Waals surface area contributed by atoms with Gasteiger partial charge in [-0.15, -0.1) is 0 Å². The largest absolute Gasteiger partial charge is 0.478 e. The number of aliphatic carboxylic acids is 1. The van der Waals surface area contributed by atoms with Gasteiger partial charge in [0.1, 0.15) is 5.82 Å². The van der Waals surface area contributed by atoms with Crippen molar-refractivity contribution in [3.63, 3.8) is 0 Å². The van der Waals surface area contributed by atoms with E-state index in [1.54, 1.807) is 18.2 Å². The monoisotopic (exact) mass is 304 g/mol. The van der Waals surface area contributed by atoms with Crippen molar-refractivity contribution in [3.05, 3.63) is 60.3 Å². The molecule has 6 nitrogen and oxygen atoms in total. The zero-order chi connectivity index (χ0) is 15.3. The van der Waals surface area contributed by atoms with Crippen LogP contribution in [0.25, 0.3) is 6.08 Å². The van der Waals surface area contributed by atoms with Crippen molar-refractivity contribution >= 4 is 27.9 Å². The highest BCUT2D eigenvalue weighted by Crippen LogP contribution is 2.15. The first-order valence-electron chi connectivity index (χ1n) is 5.92. The average molecular weight is 304 g/mol. The summed E-state index contributed by atoms with van der Waals surface area (Å²) in [5.41, 5.74) is 0.592. The van der Waals surface area contributed by atoms with E-state index >= 15 is 0 Å². The van der Waals surface area contributed by atoms with Gasteiger partial charge in [-0.3, -0.25) is 4.72 Å². The van der Waals surface area contributed by atoms with Gasteiger partial charge in [-0.05, 0) is 35.9 Å². The van der Waals surface area contributed by atoms with Crippen LogP contribution in [-0.4, -0.2) is 24.5 Å². The fourth-order valence-corrected chi connectivity index (χ4v) is 2.55. The Labute approximate surface area is 121 Å². The molecule has 0 aliphatic heterocycles. The van der Waals surface area contributed by atoms with Crippen LogP contribution < -0.4 is 4.72 Å². The van der Waals surface area contributed by atoms with E-state index in [-0.39, 0.29) is 10.7 Å². The number of hydrogen-bond donors (Lipinski definition) is 2. The Morgan fingerprint density at radius 2 is 1.86 bits per heavy atom. The van der Waals surface area contributed by atoms with Crippen molar-refractivity contribution in [2.45, 2.75) is 4.90 Å². The van der Waals surface area contributed by atoms with E-state index in [0.717, 1.165) is 6.08 Å². The molecule has 0 saturated carbocycles. The molecule has 21 heavy (non-hydrogen) atoms. The molecule has 0 saturated heterocycles. The maximum Gasteiger partial charge on any atom is 0.328 e. The molecule has 0 aliphatic carbocycles. The molecule has 0 fully saturated rings. The normalized spacial score (nSPS) is 11.4. The predicted molar refractivity (Wildman–Crippen MR) is 78.2 cm³/mol. The molecule has 0 bridgehead atoms. The van der Waals surface area contributed by atoms with Gasteiger partial charge in [0.2, 0.25) is 0 Å². The highest BCUT2D eigenvalue weighted by Gasteiger charge is 2.14. The van der Waals surface area contributed by atoms with Crippen LogP contribution in [0.3, 0.4) is 0 Å². The molecule has 0 amide bonds. The van der Waals surface area contributed by atoms with Gasteiger partial charge in [-0.1, -0.05) is 18.2 Å². The number of nitrogens with one attached hydrogen (secondary N) is 1. The fourth-order valence-electron chi connectivity index (χ4n) is 1.55. The number of sulfonamides is 1. The Morgan fingerprint density at radius 1 is 1.14 bits per heavy atom. The predicted octanol–water partition coefficient (Wildman–Crippen LogP) is 1.98. The Kier molecular flexibility index (Phi) is 4.34. The van der Waals surface area contributed by atoms with Crippen LogP contribution in [0.5, 0.6) is 0 Å². The number of hydrogen-bond acceptors (Lipinski definition) is 4. The Balaban J connectivity index is 2.19. The molecule has 0 aliphatic rings. The van der Waals surface area contributed by atoms with Gasteiger partial charge in [0.25, 0.3) is 10.0 Å². The van der Waals surface area contributed by atoms with Gasteiger partial charge in [-0.2, -0.15) is 0 Å². The maximum atomic E-state index is 12.1. The molecule has 7 heteroatoms. The molecule has 2 N–H and O–H groups in total. The third-order valence-corrected chi connectivity index (χ3v) is 3.88. The topological polar surface area (TPSA) is 96.4 Å². The van der Waals surface area contributed by atoms with Gasteiger partial charge in [0.15, 0.2) is 0 Å². The van der Waals surface area contributed by atoms with Crippen molar-refractivity contribution < 1.29 is 18.3 Å². The second-order valence-corrected chi connectivity index (χ2v) is 5.74. The van der Waals surface area contributed by atoms with E-state index in [1.807, 2.05) is 0 Å². The molecular formula is C14H12N2O4S. The lowest BCUT2D eigenvalue weighted by Gasteiger charge is -2.07. The smallest absolute Gasteiger partial charge is 0.328 e. The summed E-state index contributed by atoms with van der Waals surface area (Å²) in [5.74, 6) is -0.837. The minimum atomic E-state index is -3.71. The number of carboxylic acids is 1. The number of aromatic nitrogens is 1. The summed E-state index contributed by atoms with van der Waals surface area (Å²) < 4.78 is 26.6. The van der Waals surface area contributed by atoms with Crippen LogP contribution >= 0.6 is 0 Å². The van der Waals surface area contributed by atoms with Gasteiger partial charge in [0, 0.05) is 12.3 Å². The van der Waals surface area contributed by atoms with Crippen molar-refractivity contribution in [1.29, 1.82) is 0 Å². The summed E-state index contributed by atoms with van der Waals surface area (Å²) >= 11 is 0. The number of carbonyl (C=O) groups is 1. The number of pyridine rings is 1. The number of nitrogens with zero attached hydrogens (tertiary/aromatic N) is 1. The lowest BCUT2D eigenvalue weighted by Crippen LogP contribution is -2.13. The van der Waals surface area contributed by atoms with Crippen molar-refractivity contribution in [2.75, 3.05) is 4.72 Å². The van der Waals surface area contributed by atoms with E-state index in [9.17, 15) is 13.2 Å². The minimum absolute atomic E-state index is 0.0700. The number of carboxylic acid groups (broad SMARTS) is 1. The van der Waals surface area contributed by atoms with Crippen LogP contribution in [0.4, 0.5) is 5.82 Å². The molecule has 0 atom stereocenters. The average Bonchev–Trinajstić information content (AvgIpc) is 2.46. The Bertz CT molecular complexity index is 753. The van der Waals surface area contributed by atoms with Crippen molar-refractivity contribution in [3.8, 4) is 0 Å². The summed E-state index contributed by atoms with van der Waals surface area (Å²) in [6, 6.07) is 10.7. The molecule has 0 radical (unpaired) electrons. The van der Waals surface area contributed by atoms with Crippen LogP contribution in [0.2, 0.25) is 0 Å². The van der Waals surface area contributed by atoms with E-state index in [4.69, 9.17) is 5.11 Å². The number of benzene rings is 1. The van der Waals surface area contributed by atoms with Gasteiger partial charge in [-0.25, -0.2) is 18.2 Å². The molecule has 1 aromatic heterocycles.